The van der Waals surface area contributed by atoms with Crippen molar-refractivity contribution in [2.45, 2.75) is 13.3 Å². The summed E-state index contributed by atoms with van der Waals surface area (Å²) < 4.78 is 0. The first-order valence-corrected chi connectivity index (χ1v) is 8.82. The van der Waals surface area contributed by atoms with E-state index in [0.29, 0.717) is 17.8 Å². The van der Waals surface area contributed by atoms with Gasteiger partial charge in [-0.1, -0.05) is 18.2 Å². The highest BCUT2D eigenvalue weighted by atomic mass is 16.3. The van der Waals surface area contributed by atoms with Crippen molar-refractivity contribution in [1.82, 2.24) is 15.2 Å². The largest absolute Gasteiger partial charge is 0.494 e. The summed E-state index contributed by atoms with van der Waals surface area (Å²) in [4.78, 5) is 18.5. The predicted molar refractivity (Wildman–Crippen MR) is 109 cm³/mol. The maximum atomic E-state index is 11.3. The van der Waals surface area contributed by atoms with Gasteiger partial charge in [-0.25, -0.2) is 4.99 Å². The van der Waals surface area contributed by atoms with Gasteiger partial charge >= 0.3 is 0 Å². The predicted octanol–water partition coefficient (Wildman–Crippen LogP) is 3.90. The van der Waals surface area contributed by atoms with Crippen molar-refractivity contribution >= 4 is 34.5 Å². The Hall–Kier alpha value is -3.87. The van der Waals surface area contributed by atoms with E-state index in [2.05, 4.69) is 25.5 Å². The van der Waals surface area contributed by atoms with Gasteiger partial charge in [0.2, 0.25) is 5.91 Å². The number of benzene rings is 2. The number of aromatic hydroxyl groups is 1. The minimum absolute atomic E-state index is 0.0723. The zero-order valence-corrected chi connectivity index (χ0v) is 15.2. The highest BCUT2D eigenvalue weighted by Crippen LogP contribution is 2.28. The Labute approximate surface area is 161 Å². The molecule has 28 heavy (non-hydrogen) atoms. The fourth-order valence-electron chi connectivity index (χ4n) is 3.14. The van der Waals surface area contributed by atoms with Crippen molar-refractivity contribution in [1.29, 1.82) is 0 Å². The number of amides is 1. The number of anilines is 1. The smallest absolute Gasteiger partial charge is 0.221 e. The minimum atomic E-state index is -0.0948. The van der Waals surface area contributed by atoms with E-state index in [1.54, 1.807) is 18.5 Å². The molecule has 7 nitrogen and oxygen atoms in total. The topological polar surface area (TPSA) is 106 Å². The summed E-state index contributed by atoms with van der Waals surface area (Å²) in [5, 5.41) is 20.6. The molecule has 0 saturated carbocycles. The zero-order valence-electron chi connectivity index (χ0n) is 15.2. The molecular formula is C21H19N5O2. The quantitative estimate of drug-likeness (QED) is 0.399. The molecule has 0 fully saturated rings. The van der Waals surface area contributed by atoms with Crippen LogP contribution < -0.4 is 5.32 Å². The molecule has 0 radical (unpaired) electrons. The molecular weight excluding hydrogens is 354 g/mol. The van der Waals surface area contributed by atoms with Crippen molar-refractivity contribution in [2.24, 2.45) is 4.99 Å². The molecule has 2 aromatic carbocycles. The number of aromatic nitrogens is 3. The van der Waals surface area contributed by atoms with Crippen molar-refractivity contribution in [2.75, 3.05) is 5.32 Å². The van der Waals surface area contributed by atoms with Gasteiger partial charge in [0.15, 0.2) is 5.88 Å². The van der Waals surface area contributed by atoms with Crippen molar-refractivity contribution in [3.05, 3.63) is 71.4 Å². The van der Waals surface area contributed by atoms with E-state index in [9.17, 15) is 9.90 Å². The maximum absolute atomic E-state index is 11.3. The molecule has 1 amide bonds. The third-order valence-electron chi connectivity index (χ3n) is 4.36. The summed E-state index contributed by atoms with van der Waals surface area (Å²) in [5.41, 5.74) is 4.40. The lowest BCUT2D eigenvalue weighted by Gasteiger charge is -2.06. The highest BCUT2D eigenvalue weighted by molar-refractivity contribution is 6.02. The first-order valence-electron chi connectivity index (χ1n) is 8.82. The van der Waals surface area contributed by atoms with E-state index >= 15 is 0 Å². The van der Waals surface area contributed by atoms with E-state index in [1.165, 1.54) is 6.92 Å². The number of carbonyl (C=O) groups excluding carboxylic acids is 1. The van der Waals surface area contributed by atoms with Crippen molar-refractivity contribution in [3.8, 4) is 5.88 Å². The normalized spacial score (nSPS) is 11.3. The van der Waals surface area contributed by atoms with E-state index in [0.717, 1.165) is 27.7 Å². The van der Waals surface area contributed by atoms with Gasteiger partial charge in [0.05, 0.1) is 11.8 Å². The molecule has 0 aliphatic carbocycles. The van der Waals surface area contributed by atoms with Crippen LogP contribution in [0.2, 0.25) is 0 Å². The molecule has 4 aromatic rings. The SMILES string of the molecule is CC(=O)Nc1cccc(Cc2ccc3[nH]c(O)c(C=Nc4ccn[nH]4)c3c2)c1. The molecule has 0 saturated heterocycles. The number of fused-ring (bicyclic) bond motifs is 1. The Morgan fingerprint density at radius 1 is 1.21 bits per heavy atom. The highest BCUT2D eigenvalue weighted by Gasteiger charge is 2.10. The zero-order chi connectivity index (χ0) is 19.5. The van der Waals surface area contributed by atoms with Crippen LogP contribution in [0.5, 0.6) is 5.88 Å². The van der Waals surface area contributed by atoms with Gasteiger partial charge in [0.25, 0.3) is 0 Å². The number of rotatable bonds is 5. The van der Waals surface area contributed by atoms with E-state index < -0.39 is 0 Å². The Morgan fingerprint density at radius 3 is 2.86 bits per heavy atom. The molecule has 4 N–H and O–H groups in total. The summed E-state index contributed by atoms with van der Waals surface area (Å²) in [6, 6.07) is 15.5. The Bertz CT molecular complexity index is 1160. The molecule has 7 heteroatoms. The second-order valence-electron chi connectivity index (χ2n) is 6.53. The number of nitrogens with one attached hydrogen (secondary N) is 3. The number of nitrogens with zero attached hydrogens (tertiary/aromatic N) is 2. The van der Waals surface area contributed by atoms with Gasteiger partial charge in [0.1, 0.15) is 5.82 Å². The summed E-state index contributed by atoms with van der Waals surface area (Å²) in [7, 11) is 0. The molecule has 0 unspecified atom stereocenters. The first-order chi connectivity index (χ1) is 13.6. The summed E-state index contributed by atoms with van der Waals surface area (Å²) in [6.07, 6.45) is 3.93. The molecule has 140 valence electrons. The Kier molecular flexibility index (Phi) is 4.63. The molecule has 0 atom stereocenters. The molecule has 0 bridgehead atoms. The molecule has 0 aliphatic heterocycles. The van der Waals surface area contributed by atoms with E-state index in [1.807, 2.05) is 42.5 Å². The standard InChI is InChI=1S/C21H19N5O2/c1-13(27)24-16-4-2-3-14(10-16)9-15-5-6-19-17(11-15)18(21(28)25-19)12-22-20-7-8-23-26-20/h2-8,10-12,25,28H,9H2,1H3,(H,23,26)(H,24,27). The van der Waals surface area contributed by atoms with Crippen molar-refractivity contribution < 1.29 is 9.90 Å². The van der Waals surface area contributed by atoms with E-state index in [4.69, 9.17) is 0 Å². The maximum Gasteiger partial charge on any atom is 0.221 e. The molecule has 4 rings (SSSR count). The minimum Gasteiger partial charge on any atom is -0.494 e. The van der Waals surface area contributed by atoms with Crippen LogP contribution in [0, 0.1) is 0 Å². The number of carbonyl (C=O) groups is 1. The number of H-pyrrole nitrogens is 2. The van der Waals surface area contributed by atoms with Crippen molar-refractivity contribution in [3.63, 3.8) is 0 Å². The fraction of sp³-hybridized carbons (Fsp3) is 0.0952. The Balaban J connectivity index is 1.64. The van der Waals surface area contributed by atoms with Gasteiger partial charge in [-0.2, -0.15) is 5.10 Å². The number of hydrogen-bond donors (Lipinski definition) is 4. The first kappa shape index (κ1) is 17.5. The van der Waals surface area contributed by atoms with Crippen LogP contribution in [-0.2, 0) is 11.2 Å². The van der Waals surface area contributed by atoms with Gasteiger partial charge in [0, 0.05) is 35.8 Å². The summed E-state index contributed by atoms with van der Waals surface area (Å²) in [5.74, 6) is 0.588. The average Bonchev–Trinajstić information content (AvgIpc) is 3.27. The monoisotopic (exact) mass is 373 g/mol. The molecule has 2 heterocycles. The second-order valence-corrected chi connectivity index (χ2v) is 6.53. The number of aromatic amines is 2. The lowest BCUT2D eigenvalue weighted by atomic mass is 10.0. The van der Waals surface area contributed by atoms with Crippen LogP contribution in [0.25, 0.3) is 10.9 Å². The lowest BCUT2D eigenvalue weighted by molar-refractivity contribution is -0.114. The van der Waals surface area contributed by atoms with Crippen LogP contribution in [0.3, 0.4) is 0 Å². The van der Waals surface area contributed by atoms with Crippen LogP contribution in [0.1, 0.15) is 23.6 Å². The van der Waals surface area contributed by atoms with Crippen LogP contribution >= 0.6 is 0 Å². The second kappa shape index (κ2) is 7.40. The summed E-state index contributed by atoms with van der Waals surface area (Å²) in [6.45, 7) is 1.49. The lowest BCUT2D eigenvalue weighted by Crippen LogP contribution is -2.05. The number of hydrogen-bond acceptors (Lipinski definition) is 4. The summed E-state index contributed by atoms with van der Waals surface area (Å²) >= 11 is 0. The van der Waals surface area contributed by atoms with Gasteiger partial charge in [-0.15, -0.1) is 0 Å². The third kappa shape index (κ3) is 3.78. The van der Waals surface area contributed by atoms with Crippen LogP contribution in [-0.4, -0.2) is 32.4 Å². The van der Waals surface area contributed by atoms with Gasteiger partial charge < -0.3 is 15.4 Å². The van der Waals surface area contributed by atoms with Crippen LogP contribution in [0.4, 0.5) is 11.5 Å². The van der Waals surface area contributed by atoms with Gasteiger partial charge in [-0.3, -0.25) is 9.89 Å². The molecule has 0 aliphatic rings. The average molecular weight is 373 g/mol. The Morgan fingerprint density at radius 2 is 2.07 bits per heavy atom. The molecule has 0 spiro atoms. The van der Waals surface area contributed by atoms with Crippen LogP contribution in [0.15, 0.2) is 59.7 Å². The van der Waals surface area contributed by atoms with Gasteiger partial charge in [-0.05, 0) is 41.8 Å². The third-order valence-corrected chi connectivity index (χ3v) is 4.36. The number of aliphatic imine (C=N–C) groups is 1. The molecule has 2 aromatic heterocycles. The fourth-order valence-corrected chi connectivity index (χ4v) is 3.14. The van der Waals surface area contributed by atoms with E-state index in [-0.39, 0.29) is 11.8 Å².